The third kappa shape index (κ3) is 4.78. The molecule has 1 aliphatic carbocycles. The van der Waals surface area contributed by atoms with Gasteiger partial charge >= 0.3 is 0 Å². The van der Waals surface area contributed by atoms with Crippen LogP contribution in [0.1, 0.15) is 22.3 Å². The minimum absolute atomic E-state index is 0.503. The van der Waals surface area contributed by atoms with E-state index < -0.39 is 5.41 Å². The van der Waals surface area contributed by atoms with Gasteiger partial charge in [0, 0.05) is 53.7 Å². The first-order valence-electron chi connectivity index (χ1n) is 19.9. The smallest absolute Gasteiger partial charge is 0.0714 e. The first-order chi connectivity index (χ1) is 28.8. The fourth-order valence-electron chi connectivity index (χ4n) is 9.85. The zero-order valence-electron chi connectivity index (χ0n) is 31.6. The van der Waals surface area contributed by atoms with E-state index in [2.05, 4.69) is 228 Å². The highest BCUT2D eigenvalue weighted by Crippen LogP contribution is 2.56. The molecule has 9 aromatic carbocycles. The van der Waals surface area contributed by atoms with Crippen molar-refractivity contribution in [3.8, 4) is 16.8 Å². The van der Waals surface area contributed by atoms with Gasteiger partial charge in [0.25, 0.3) is 0 Å². The average Bonchev–Trinajstić information content (AvgIpc) is 3.93. The second-order valence-electron chi connectivity index (χ2n) is 15.3. The minimum Gasteiger partial charge on any atom is -0.310 e. The molecule has 2 heterocycles. The zero-order valence-corrected chi connectivity index (χ0v) is 32.4. The van der Waals surface area contributed by atoms with Crippen molar-refractivity contribution in [1.82, 2.24) is 4.57 Å². The van der Waals surface area contributed by atoms with Gasteiger partial charge in [-0.05, 0) is 106 Å². The Morgan fingerprint density at radius 3 is 1.69 bits per heavy atom. The molecule has 0 saturated carbocycles. The lowest BCUT2D eigenvalue weighted by Gasteiger charge is -2.35. The molecule has 2 aromatic heterocycles. The lowest BCUT2D eigenvalue weighted by Crippen LogP contribution is -2.28. The van der Waals surface area contributed by atoms with Crippen LogP contribution in [0.5, 0.6) is 0 Å². The zero-order chi connectivity index (χ0) is 38.2. The molecule has 2 nitrogen and oxygen atoms in total. The Labute approximate surface area is 341 Å². The molecule has 0 unspecified atom stereocenters. The van der Waals surface area contributed by atoms with Crippen molar-refractivity contribution in [3.05, 3.63) is 241 Å². The molecule has 0 fully saturated rings. The molecule has 11 aromatic rings. The number of para-hydroxylation sites is 2. The van der Waals surface area contributed by atoms with E-state index in [4.69, 9.17) is 0 Å². The maximum absolute atomic E-state index is 2.47. The highest BCUT2D eigenvalue weighted by molar-refractivity contribution is 7.25. The maximum atomic E-state index is 2.47. The van der Waals surface area contributed by atoms with E-state index in [1.165, 1.54) is 75.4 Å². The minimum atomic E-state index is -0.503. The van der Waals surface area contributed by atoms with Gasteiger partial charge in [-0.1, -0.05) is 146 Å². The summed E-state index contributed by atoms with van der Waals surface area (Å²) in [5, 5.41) is 5.03. The number of fused-ring (bicyclic) bond motifs is 9. The summed E-state index contributed by atoms with van der Waals surface area (Å²) in [4.78, 5) is 2.47. The van der Waals surface area contributed by atoms with Gasteiger partial charge in [-0.3, -0.25) is 0 Å². The normalized spacial score (nSPS) is 13.0. The molecule has 0 radical (unpaired) electrons. The second kappa shape index (κ2) is 12.9. The largest absolute Gasteiger partial charge is 0.310 e. The number of anilines is 3. The van der Waals surface area contributed by atoms with Gasteiger partial charge in [0.1, 0.15) is 0 Å². The van der Waals surface area contributed by atoms with E-state index >= 15 is 0 Å². The molecule has 58 heavy (non-hydrogen) atoms. The molecule has 272 valence electrons. The summed E-state index contributed by atoms with van der Waals surface area (Å²) < 4.78 is 4.99. The highest BCUT2D eigenvalue weighted by Gasteiger charge is 2.46. The number of nitrogens with zero attached hydrogens (tertiary/aromatic N) is 2. The summed E-state index contributed by atoms with van der Waals surface area (Å²) in [6.45, 7) is 0. The van der Waals surface area contributed by atoms with Gasteiger partial charge in [-0.25, -0.2) is 0 Å². The Hall–Kier alpha value is -7.20. The van der Waals surface area contributed by atoms with Gasteiger partial charge in [0.05, 0.1) is 16.4 Å². The maximum Gasteiger partial charge on any atom is 0.0714 e. The van der Waals surface area contributed by atoms with Crippen molar-refractivity contribution in [1.29, 1.82) is 0 Å². The van der Waals surface area contributed by atoms with Crippen LogP contribution in [0.4, 0.5) is 17.1 Å². The molecule has 0 aliphatic heterocycles. The van der Waals surface area contributed by atoms with Crippen LogP contribution in [-0.2, 0) is 5.41 Å². The van der Waals surface area contributed by atoms with Crippen molar-refractivity contribution in [3.63, 3.8) is 0 Å². The molecule has 0 atom stereocenters. The molecule has 0 bridgehead atoms. The average molecular weight is 757 g/mol. The summed E-state index contributed by atoms with van der Waals surface area (Å²) in [6.07, 6.45) is 0. The third-order valence-electron chi connectivity index (χ3n) is 12.2. The quantitative estimate of drug-likeness (QED) is 0.164. The predicted molar refractivity (Wildman–Crippen MR) is 246 cm³/mol. The second-order valence-corrected chi connectivity index (χ2v) is 16.3. The van der Waals surface area contributed by atoms with E-state index in [0.29, 0.717) is 0 Å². The van der Waals surface area contributed by atoms with Gasteiger partial charge in [0.2, 0.25) is 0 Å². The monoisotopic (exact) mass is 756 g/mol. The molecule has 0 saturated heterocycles. The molecule has 0 N–H and O–H groups in total. The number of aromatic nitrogens is 1. The highest BCUT2D eigenvalue weighted by atomic mass is 32.1. The molecule has 12 rings (SSSR count). The third-order valence-corrected chi connectivity index (χ3v) is 13.4. The number of hydrogen-bond acceptors (Lipinski definition) is 2. The molecule has 3 heteroatoms. The van der Waals surface area contributed by atoms with Crippen molar-refractivity contribution < 1.29 is 0 Å². The fourth-order valence-corrected chi connectivity index (χ4v) is 10.9. The molecule has 1 aliphatic rings. The van der Waals surface area contributed by atoms with Crippen LogP contribution in [0.15, 0.2) is 218 Å². The summed E-state index contributed by atoms with van der Waals surface area (Å²) in [6, 6.07) is 80.6. The SMILES string of the molecule is c1ccc(-n2c3ccccc3c3cc(N(c4cccc(C5(c6ccccc6)c6ccccc6-c6ccccc65)c4)c4ccc5sc6ccccc6c5c4)ccc32)cc1. The van der Waals surface area contributed by atoms with E-state index in [1.54, 1.807) is 0 Å². The van der Waals surface area contributed by atoms with Crippen molar-refractivity contribution in [2.24, 2.45) is 0 Å². The molecular weight excluding hydrogens is 721 g/mol. The van der Waals surface area contributed by atoms with Gasteiger partial charge < -0.3 is 9.47 Å². The number of hydrogen-bond donors (Lipinski definition) is 0. The Kier molecular flexibility index (Phi) is 7.35. The predicted octanol–water partition coefficient (Wildman–Crippen LogP) is 15.0. The van der Waals surface area contributed by atoms with Crippen LogP contribution in [0.25, 0.3) is 58.8 Å². The van der Waals surface area contributed by atoms with Crippen LogP contribution in [0.3, 0.4) is 0 Å². The summed E-state index contributed by atoms with van der Waals surface area (Å²) in [5.41, 5.74) is 14.1. The van der Waals surface area contributed by atoms with Gasteiger partial charge in [0.15, 0.2) is 0 Å². The number of thiophene rings is 1. The Bertz CT molecular complexity index is 3310. The van der Waals surface area contributed by atoms with Gasteiger partial charge in [-0.2, -0.15) is 0 Å². The first kappa shape index (κ1) is 33.0. The van der Waals surface area contributed by atoms with Crippen LogP contribution >= 0.6 is 11.3 Å². The lowest BCUT2D eigenvalue weighted by atomic mass is 9.67. The Morgan fingerprint density at radius 2 is 0.914 bits per heavy atom. The van der Waals surface area contributed by atoms with E-state index in [1.807, 2.05) is 11.3 Å². The van der Waals surface area contributed by atoms with Crippen molar-refractivity contribution >= 4 is 70.4 Å². The Morgan fingerprint density at radius 1 is 0.362 bits per heavy atom. The number of rotatable bonds is 6. The van der Waals surface area contributed by atoms with E-state index in [9.17, 15) is 0 Å². The Balaban J connectivity index is 1.13. The van der Waals surface area contributed by atoms with Crippen LogP contribution in [0.2, 0.25) is 0 Å². The van der Waals surface area contributed by atoms with Crippen LogP contribution in [-0.4, -0.2) is 4.57 Å². The van der Waals surface area contributed by atoms with Crippen molar-refractivity contribution in [2.45, 2.75) is 5.41 Å². The molecule has 0 spiro atoms. The molecular formula is C55H36N2S. The van der Waals surface area contributed by atoms with E-state index in [0.717, 1.165) is 22.7 Å². The van der Waals surface area contributed by atoms with Crippen LogP contribution in [0, 0.1) is 0 Å². The number of benzene rings is 9. The summed E-state index contributed by atoms with van der Waals surface area (Å²) >= 11 is 1.86. The topological polar surface area (TPSA) is 8.17 Å². The molecule has 0 amide bonds. The van der Waals surface area contributed by atoms with Crippen LogP contribution < -0.4 is 4.90 Å². The first-order valence-corrected chi connectivity index (χ1v) is 20.7. The van der Waals surface area contributed by atoms with Gasteiger partial charge in [-0.15, -0.1) is 11.3 Å². The summed E-state index contributed by atoms with van der Waals surface area (Å²) in [7, 11) is 0. The standard InChI is InChI=1S/C55H36N2S/c1-3-16-37(17-4-1)55(49-26-11-7-22-43(49)44-23-8-12-27-50(44)55)38-18-15-21-40(34-38)56(42-31-33-54-48(36-42)46-25-10-14-29-53(46)58-54)41-30-32-52-47(35-41)45-24-9-13-28-51(45)57(52)39-19-5-2-6-20-39/h1-36H. The lowest BCUT2D eigenvalue weighted by molar-refractivity contribution is 0.768. The summed E-state index contributed by atoms with van der Waals surface area (Å²) in [5.74, 6) is 0. The van der Waals surface area contributed by atoms with Crippen molar-refractivity contribution in [2.75, 3.05) is 4.90 Å². The fraction of sp³-hybridized carbons (Fsp3) is 0.0182. The van der Waals surface area contributed by atoms with E-state index in [-0.39, 0.29) is 0 Å².